The molecule has 0 aliphatic heterocycles. The van der Waals surface area contributed by atoms with Crippen molar-refractivity contribution in [2.75, 3.05) is 11.9 Å². The van der Waals surface area contributed by atoms with Crippen molar-refractivity contribution in [3.8, 4) is 0 Å². The van der Waals surface area contributed by atoms with Crippen molar-refractivity contribution in [1.29, 1.82) is 0 Å². The largest absolute Gasteiger partial charge is 0.415 e. The first kappa shape index (κ1) is 18.4. The van der Waals surface area contributed by atoms with Crippen LogP contribution in [0.5, 0.6) is 0 Å². The maximum atomic E-state index is 6.56. The van der Waals surface area contributed by atoms with Crippen LogP contribution in [0.1, 0.15) is 48.5 Å². The van der Waals surface area contributed by atoms with Crippen LogP contribution < -0.4 is 0 Å². The minimum atomic E-state index is -1.71. The average molecular weight is 335 g/mol. The lowest BCUT2D eigenvalue weighted by molar-refractivity contribution is 0.246. The fourth-order valence-corrected chi connectivity index (χ4v) is 9.11. The van der Waals surface area contributed by atoms with Crippen molar-refractivity contribution in [3.05, 3.63) is 12.2 Å². The molecule has 0 bridgehead atoms. The summed E-state index contributed by atoms with van der Waals surface area (Å²) >= 11 is 3.48. The maximum absolute atomic E-state index is 6.56. The van der Waals surface area contributed by atoms with E-state index in [1.165, 1.54) is 5.57 Å². The van der Waals surface area contributed by atoms with Crippen LogP contribution in [0.3, 0.4) is 0 Å². The van der Waals surface area contributed by atoms with Crippen molar-refractivity contribution in [2.45, 2.75) is 65.1 Å². The standard InChI is InChI=1S/C15H31BrOSi/c1-11(2)18(12(3)4,13(5)6)17-10-15(8)14(7)9-16/h11-13,15H,7,9-10H2,1-6,8H3/t15-/m1/s1. The van der Waals surface area contributed by atoms with Crippen molar-refractivity contribution in [3.63, 3.8) is 0 Å². The molecule has 0 N–H and O–H groups in total. The highest BCUT2D eigenvalue weighted by molar-refractivity contribution is 9.09. The first-order valence-electron chi connectivity index (χ1n) is 7.07. The molecule has 0 aromatic heterocycles. The van der Waals surface area contributed by atoms with Gasteiger partial charge in [0.2, 0.25) is 0 Å². The molecule has 0 heterocycles. The van der Waals surface area contributed by atoms with Gasteiger partial charge in [0.1, 0.15) is 0 Å². The minimum Gasteiger partial charge on any atom is -0.415 e. The van der Waals surface area contributed by atoms with Gasteiger partial charge in [0.05, 0.1) is 0 Å². The Balaban J connectivity index is 4.86. The number of alkyl halides is 1. The van der Waals surface area contributed by atoms with Gasteiger partial charge in [0.25, 0.3) is 0 Å². The Morgan fingerprint density at radius 2 is 1.39 bits per heavy atom. The highest BCUT2D eigenvalue weighted by atomic mass is 79.9. The molecule has 3 heteroatoms. The Hall–Kier alpha value is 0.397. The molecule has 1 atom stereocenters. The lowest BCUT2D eigenvalue weighted by Crippen LogP contribution is -2.48. The normalized spacial score (nSPS) is 14.6. The molecule has 0 fully saturated rings. The van der Waals surface area contributed by atoms with Crippen LogP contribution in [0.25, 0.3) is 0 Å². The fourth-order valence-electron chi connectivity index (χ4n) is 3.02. The van der Waals surface area contributed by atoms with Crippen LogP contribution in [0.15, 0.2) is 12.2 Å². The van der Waals surface area contributed by atoms with Crippen molar-refractivity contribution in [1.82, 2.24) is 0 Å². The van der Waals surface area contributed by atoms with Crippen molar-refractivity contribution in [2.24, 2.45) is 5.92 Å². The smallest absolute Gasteiger partial charge is 0.200 e. The molecule has 0 unspecified atom stereocenters. The van der Waals surface area contributed by atoms with Gasteiger partial charge in [-0.3, -0.25) is 0 Å². The second-order valence-electron chi connectivity index (χ2n) is 6.32. The summed E-state index contributed by atoms with van der Waals surface area (Å²) in [5.41, 5.74) is 3.19. The molecule has 0 aliphatic carbocycles. The fraction of sp³-hybridized carbons (Fsp3) is 0.867. The van der Waals surface area contributed by atoms with E-state index < -0.39 is 8.32 Å². The third kappa shape index (κ3) is 4.21. The van der Waals surface area contributed by atoms with E-state index in [0.29, 0.717) is 22.5 Å². The predicted octanol–water partition coefficient (Wildman–Crippen LogP) is 5.77. The third-order valence-electron chi connectivity index (χ3n) is 4.16. The van der Waals surface area contributed by atoms with E-state index in [4.69, 9.17) is 4.43 Å². The number of hydrogen-bond donors (Lipinski definition) is 0. The molecule has 0 amide bonds. The molecule has 0 aromatic rings. The van der Waals surface area contributed by atoms with Gasteiger partial charge in [0.15, 0.2) is 8.32 Å². The van der Waals surface area contributed by atoms with Crippen LogP contribution in [-0.2, 0) is 4.43 Å². The lowest BCUT2D eigenvalue weighted by atomic mass is 10.1. The van der Waals surface area contributed by atoms with E-state index in [1.54, 1.807) is 0 Å². The van der Waals surface area contributed by atoms with E-state index in [9.17, 15) is 0 Å². The molecule has 1 nitrogen and oxygen atoms in total. The Labute approximate surface area is 124 Å². The summed E-state index contributed by atoms with van der Waals surface area (Å²) in [6.07, 6.45) is 0. The molecule has 0 saturated carbocycles. The van der Waals surface area contributed by atoms with E-state index in [2.05, 4.69) is 71.0 Å². The zero-order valence-corrected chi connectivity index (χ0v) is 15.8. The van der Waals surface area contributed by atoms with E-state index in [1.807, 2.05) is 0 Å². The lowest BCUT2D eigenvalue weighted by Gasteiger charge is -2.42. The maximum Gasteiger partial charge on any atom is 0.200 e. The first-order valence-corrected chi connectivity index (χ1v) is 10.3. The zero-order chi connectivity index (χ0) is 14.5. The second kappa shape index (κ2) is 7.86. The first-order chi connectivity index (χ1) is 8.20. The predicted molar refractivity (Wildman–Crippen MR) is 89.1 cm³/mol. The summed E-state index contributed by atoms with van der Waals surface area (Å²) in [7, 11) is -1.71. The number of rotatable bonds is 8. The molecule has 0 aromatic carbocycles. The number of halogens is 1. The van der Waals surface area contributed by atoms with Gasteiger partial charge in [-0.25, -0.2) is 0 Å². The van der Waals surface area contributed by atoms with Gasteiger partial charge in [-0.1, -0.05) is 76.5 Å². The van der Waals surface area contributed by atoms with Gasteiger partial charge in [-0.15, -0.1) is 0 Å². The molecular formula is C15H31BrOSi. The molecule has 108 valence electrons. The molecule has 0 rings (SSSR count). The SMILES string of the molecule is C=C(CBr)[C@H](C)CO[Si](C(C)C)(C(C)C)C(C)C. The van der Waals surface area contributed by atoms with Crippen molar-refractivity contribution < 1.29 is 4.43 Å². The Morgan fingerprint density at radius 1 is 1.00 bits per heavy atom. The van der Waals surface area contributed by atoms with Gasteiger partial charge in [0, 0.05) is 11.9 Å². The quantitative estimate of drug-likeness (QED) is 0.311. The molecule has 0 spiro atoms. The zero-order valence-electron chi connectivity index (χ0n) is 13.2. The average Bonchev–Trinajstić information content (AvgIpc) is 2.26. The van der Waals surface area contributed by atoms with E-state index >= 15 is 0 Å². The van der Waals surface area contributed by atoms with E-state index in [-0.39, 0.29) is 0 Å². The highest BCUT2D eigenvalue weighted by Gasteiger charge is 2.45. The Kier molecular flexibility index (Phi) is 8.03. The molecule has 18 heavy (non-hydrogen) atoms. The molecule has 0 saturated heterocycles. The van der Waals surface area contributed by atoms with Gasteiger partial charge in [-0.05, 0) is 22.5 Å². The van der Waals surface area contributed by atoms with Crippen LogP contribution >= 0.6 is 15.9 Å². The molecular weight excluding hydrogens is 304 g/mol. The van der Waals surface area contributed by atoms with Crippen LogP contribution in [0.4, 0.5) is 0 Å². The summed E-state index contributed by atoms with van der Waals surface area (Å²) in [6, 6.07) is 0. The number of hydrogen-bond acceptors (Lipinski definition) is 1. The molecule has 0 aliphatic rings. The minimum absolute atomic E-state index is 0.437. The van der Waals surface area contributed by atoms with E-state index in [0.717, 1.165) is 11.9 Å². The topological polar surface area (TPSA) is 9.23 Å². The summed E-state index contributed by atoms with van der Waals surface area (Å²) in [4.78, 5) is 0. The highest BCUT2D eigenvalue weighted by Crippen LogP contribution is 2.42. The van der Waals surface area contributed by atoms with Gasteiger partial charge >= 0.3 is 0 Å². The second-order valence-corrected chi connectivity index (χ2v) is 12.3. The van der Waals surface area contributed by atoms with Crippen LogP contribution in [-0.4, -0.2) is 20.3 Å². The third-order valence-corrected chi connectivity index (χ3v) is 11.0. The Morgan fingerprint density at radius 3 is 1.67 bits per heavy atom. The van der Waals surface area contributed by atoms with Crippen LogP contribution in [0.2, 0.25) is 16.6 Å². The Bertz CT molecular complexity index is 239. The summed E-state index contributed by atoms with van der Waals surface area (Å²) in [5.74, 6) is 0.437. The van der Waals surface area contributed by atoms with Gasteiger partial charge < -0.3 is 4.43 Å². The van der Waals surface area contributed by atoms with Crippen molar-refractivity contribution >= 4 is 24.2 Å². The summed E-state index contributed by atoms with van der Waals surface area (Å²) in [5, 5.41) is 0.872. The van der Waals surface area contributed by atoms with Crippen LogP contribution in [0, 0.1) is 5.92 Å². The van der Waals surface area contributed by atoms with Gasteiger partial charge in [-0.2, -0.15) is 0 Å². The molecule has 0 radical (unpaired) electrons. The summed E-state index contributed by atoms with van der Waals surface area (Å²) in [6.45, 7) is 21.1. The summed E-state index contributed by atoms with van der Waals surface area (Å²) < 4.78 is 6.56. The monoisotopic (exact) mass is 334 g/mol.